The van der Waals surface area contributed by atoms with Crippen LogP contribution < -0.4 is 5.32 Å². The Bertz CT molecular complexity index is 736. The van der Waals surface area contributed by atoms with Crippen molar-refractivity contribution in [3.8, 4) is 11.1 Å². The van der Waals surface area contributed by atoms with Gasteiger partial charge in [0.15, 0.2) is 5.82 Å². The van der Waals surface area contributed by atoms with Gasteiger partial charge in [-0.3, -0.25) is 4.68 Å². The molecule has 0 bridgehead atoms. The molecule has 4 heteroatoms. The zero-order valence-electron chi connectivity index (χ0n) is 16.8. The molecular weight excluding hydrogens is 325 g/mol. The van der Waals surface area contributed by atoms with E-state index in [4.69, 9.17) is 5.10 Å². The number of benzene rings is 1. The number of nitrogens with zero attached hydrogens (tertiary/aromatic N) is 2. The fourth-order valence-electron chi connectivity index (χ4n) is 3.35. The Hall–Kier alpha value is -2.10. The maximum absolute atomic E-state index is 13.3. The van der Waals surface area contributed by atoms with E-state index in [2.05, 4.69) is 37.3 Å². The predicted octanol–water partition coefficient (Wildman–Crippen LogP) is 6.41. The third-order valence-electron chi connectivity index (χ3n) is 4.26. The van der Waals surface area contributed by atoms with Crippen LogP contribution in [0.25, 0.3) is 11.1 Å². The number of halogens is 1. The smallest absolute Gasteiger partial charge is 0.160 e. The third-order valence-corrected chi connectivity index (χ3v) is 4.26. The first-order chi connectivity index (χ1) is 12.3. The van der Waals surface area contributed by atoms with Crippen molar-refractivity contribution in [1.29, 1.82) is 0 Å². The second-order valence-electron chi connectivity index (χ2n) is 7.82. The van der Waals surface area contributed by atoms with E-state index < -0.39 is 0 Å². The van der Waals surface area contributed by atoms with Gasteiger partial charge in [0.25, 0.3) is 0 Å². The van der Waals surface area contributed by atoms with Crippen molar-refractivity contribution in [2.45, 2.75) is 66.8 Å². The van der Waals surface area contributed by atoms with E-state index in [1.165, 1.54) is 24.2 Å². The molecular formula is C22H32FN3. The van der Waals surface area contributed by atoms with Crippen molar-refractivity contribution < 1.29 is 4.39 Å². The first kappa shape index (κ1) is 20.2. The van der Waals surface area contributed by atoms with Crippen molar-refractivity contribution in [2.75, 3.05) is 5.32 Å². The van der Waals surface area contributed by atoms with Crippen LogP contribution in [0.5, 0.6) is 0 Å². The van der Waals surface area contributed by atoms with E-state index in [-0.39, 0.29) is 11.2 Å². The zero-order valence-corrected chi connectivity index (χ0v) is 16.8. The van der Waals surface area contributed by atoms with Crippen molar-refractivity contribution in [3.05, 3.63) is 48.1 Å². The Labute approximate surface area is 157 Å². The van der Waals surface area contributed by atoms with Crippen LogP contribution in [0.3, 0.4) is 0 Å². The normalized spacial score (nSPS) is 13.5. The second-order valence-corrected chi connectivity index (χ2v) is 7.82. The lowest BCUT2D eigenvalue weighted by Crippen LogP contribution is -2.12. The monoisotopic (exact) mass is 357 g/mol. The summed E-state index contributed by atoms with van der Waals surface area (Å²) in [5.41, 5.74) is 4.45. The molecule has 1 aromatic heterocycles. The summed E-state index contributed by atoms with van der Waals surface area (Å²) in [6.45, 7) is 15.7. The maximum Gasteiger partial charge on any atom is 0.160 e. The molecule has 142 valence electrons. The van der Waals surface area contributed by atoms with Gasteiger partial charge in [-0.2, -0.15) is 5.10 Å². The summed E-state index contributed by atoms with van der Waals surface area (Å²) >= 11 is 0. The second kappa shape index (κ2) is 8.52. The van der Waals surface area contributed by atoms with E-state index in [0.29, 0.717) is 0 Å². The highest BCUT2D eigenvalue weighted by Gasteiger charge is 2.22. The first-order valence-corrected chi connectivity index (χ1v) is 9.64. The number of hydrogen-bond donors (Lipinski definition) is 1. The summed E-state index contributed by atoms with van der Waals surface area (Å²) in [6.07, 6.45) is 4.20. The molecule has 0 radical (unpaired) electrons. The van der Waals surface area contributed by atoms with E-state index >= 15 is 0 Å². The molecule has 2 heterocycles. The standard InChI is InChI=1S/C20H26FN3.C2H6/c1-14(13-20(2,3)4)22-19-18(15-8-10-16(21)11-9-15)17-7-5-6-12-24(17)23-19;1-2/h8-11H,1,5-7,12-13H2,2-4H3,(H,22,23);1-2H3. The van der Waals surface area contributed by atoms with E-state index in [0.717, 1.165) is 48.4 Å². The van der Waals surface area contributed by atoms with Crippen LogP contribution >= 0.6 is 0 Å². The molecule has 0 saturated carbocycles. The van der Waals surface area contributed by atoms with Crippen LogP contribution in [0.1, 0.15) is 59.6 Å². The molecule has 0 amide bonds. The molecule has 0 unspecified atom stereocenters. The Kier molecular flexibility index (Phi) is 6.63. The van der Waals surface area contributed by atoms with Crippen LogP contribution in [0.4, 0.5) is 10.2 Å². The zero-order chi connectivity index (χ0) is 19.3. The van der Waals surface area contributed by atoms with Crippen molar-refractivity contribution in [3.63, 3.8) is 0 Å². The predicted molar refractivity (Wildman–Crippen MR) is 109 cm³/mol. The number of rotatable bonds is 4. The Morgan fingerprint density at radius 1 is 1.19 bits per heavy atom. The number of aryl methyl sites for hydroxylation is 1. The SMILES string of the molecule is C=C(CC(C)(C)C)Nc1nn2c(c1-c1ccc(F)cc1)CCCC2.CC. The van der Waals surface area contributed by atoms with Gasteiger partial charge in [0.2, 0.25) is 0 Å². The van der Waals surface area contributed by atoms with Crippen LogP contribution in [-0.4, -0.2) is 9.78 Å². The Balaban J connectivity index is 0.00000117. The van der Waals surface area contributed by atoms with Gasteiger partial charge in [-0.25, -0.2) is 4.39 Å². The van der Waals surface area contributed by atoms with Crippen molar-refractivity contribution in [1.82, 2.24) is 9.78 Å². The van der Waals surface area contributed by atoms with Crippen molar-refractivity contribution in [2.24, 2.45) is 5.41 Å². The van der Waals surface area contributed by atoms with Crippen LogP contribution in [-0.2, 0) is 13.0 Å². The van der Waals surface area contributed by atoms with E-state index in [1.54, 1.807) is 0 Å². The van der Waals surface area contributed by atoms with Gasteiger partial charge in [-0.15, -0.1) is 0 Å². The van der Waals surface area contributed by atoms with Gasteiger partial charge >= 0.3 is 0 Å². The molecule has 3 rings (SSSR count). The maximum atomic E-state index is 13.3. The largest absolute Gasteiger partial charge is 0.342 e. The lowest BCUT2D eigenvalue weighted by molar-refractivity contribution is 0.411. The van der Waals surface area contributed by atoms with E-state index in [1.807, 2.05) is 26.0 Å². The number of aromatic nitrogens is 2. The molecule has 0 spiro atoms. The lowest BCUT2D eigenvalue weighted by Gasteiger charge is -2.20. The average Bonchev–Trinajstić information content (AvgIpc) is 2.93. The summed E-state index contributed by atoms with van der Waals surface area (Å²) in [6, 6.07) is 6.69. The first-order valence-electron chi connectivity index (χ1n) is 9.64. The number of anilines is 1. The Morgan fingerprint density at radius 3 is 2.46 bits per heavy atom. The minimum Gasteiger partial charge on any atom is -0.342 e. The van der Waals surface area contributed by atoms with Crippen LogP contribution in [0.15, 0.2) is 36.5 Å². The van der Waals surface area contributed by atoms with Gasteiger partial charge in [-0.05, 0) is 48.8 Å². The van der Waals surface area contributed by atoms with Gasteiger partial charge in [-0.1, -0.05) is 53.3 Å². The molecule has 3 nitrogen and oxygen atoms in total. The molecule has 0 saturated heterocycles. The molecule has 2 aromatic rings. The third kappa shape index (κ3) is 4.96. The highest BCUT2D eigenvalue weighted by Crippen LogP contribution is 2.36. The van der Waals surface area contributed by atoms with Gasteiger partial charge in [0, 0.05) is 23.5 Å². The van der Waals surface area contributed by atoms with Crippen molar-refractivity contribution >= 4 is 5.82 Å². The number of hydrogen-bond acceptors (Lipinski definition) is 2. The molecule has 0 fully saturated rings. The van der Waals surface area contributed by atoms with Gasteiger partial charge in [0.1, 0.15) is 5.82 Å². The van der Waals surface area contributed by atoms with Gasteiger partial charge in [0.05, 0.1) is 0 Å². The molecule has 1 aliphatic rings. The molecule has 1 aromatic carbocycles. The number of nitrogens with one attached hydrogen (secondary N) is 1. The molecule has 0 aliphatic carbocycles. The minimum atomic E-state index is -0.216. The summed E-state index contributed by atoms with van der Waals surface area (Å²) in [5.74, 6) is 0.624. The number of allylic oxidation sites excluding steroid dienone is 1. The highest BCUT2D eigenvalue weighted by molar-refractivity contribution is 5.79. The lowest BCUT2D eigenvalue weighted by atomic mass is 9.91. The quantitative estimate of drug-likeness (QED) is 0.685. The molecule has 26 heavy (non-hydrogen) atoms. The summed E-state index contributed by atoms with van der Waals surface area (Å²) < 4.78 is 15.4. The summed E-state index contributed by atoms with van der Waals surface area (Å²) in [7, 11) is 0. The minimum absolute atomic E-state index is 0.166. The summed E-state index contributed by atoms with van der Waals surface area (Å²) in [5, 5.41) is 8.19. The Morgan fingerprint density at radius 2 is 1.85 bits per heavy atom. The molecule has 1 aliphatic heterocycles. The highest BCUT2D eigenvalue weighted by atomic mass is 19.1. The fraction of sp³-hybridized carbons (Fsp3) is 0.500. The topological polar surface area (TPSA) is 29.9 Å². The van der Waals surface area contributed by atoms with Crippen LogP contribution in [0, 0.1) is 11.2 Å². The summed E-state index contributed by atoms with van der Waals surface area (Å²) in [4.78, 5) is 0. The average molecular weight is 358 g/mol. The molecule has 0 atom stereocenters. The van der Waals surface area contributed by atoms with Gasteiger partial charge < -0.3 is 5.32 Å². The van der Waals surface area contributed by atoms with Crippen LogP contribution in [0.2, 0.25) is 0 Å². The molecule has 1 N–H and O–H groups in total. The fourth-order valence-corrected chi connectivity index (χ4v) is 3.35. The number of fused-ring (bicyclic) bond motifs is 1. The van der Waals surface area contributed by atoms with E-state index in [9.17, 15) is 4.39 Å².